The van der Waals surface area contributed by atoms with Gasteiger partial charge in [-0.05, 0) is 23.0 Å². The van der Waals surface area contributed by atoms with Crippen LogP contribution in [0.1, 0.15) is 38.3 Å². The van der Waals surface area contributed by atoms with E-state index in [1.807, 2.05) is 45.0 Å². The third-order valence-corrected chi connectivity index (χ3v) is 5.69. The van der Waals surface area contributed by atoms with Crippen molar-refractivity contribution in [3.05, 3.63) is 35.4 Å². The number of rotatable bonds is 3. The molecule has 2 aliphatic heterocycles. The molecular formula is C21H29N3O5. The van der Waals surface area contributed by atoms with Crippen LogP contribution in [0.15, 0.2) is 24.3 Å². The molecule has 1 aromatic rings. The highest BCUT2D eigenvalue weighted by atomic mass is 16.6. The van der Waals surface area contributed by atoms with Crippen LogP contribution < -0.4 is 5.73 Å². The van der Waals surface area contributed by atoms with E-state index in [1.54, 1.807) is 4.90 Å². The Hall–Kier alpha value is -2.61. The molecule has 2 amide bonds. The topological polar surface area (TPSA) is 113 Å². The van der Waals surface area contributed by atoms with E-state index in [-0.39, 0.29) is 13.0 Å². The minimum atomic E-state index is -1.12. The maximum Gasteiger partial charge on any atom is 0.410 e. The Labute approximate surface area is 170 Å². The average Bonchev–Trinajstić information content (AvgIpc) is 3.09. The van der Waals surface area contributed by atoms with Crippen molar-refractivity contribution in [2.24, 2.45) is 11.1 Å². The van der Waals surface area contributed by atoms with Gasteiger partial charge in [0.05, 0.1) is 12.6 Å². The molecule has 0 aliphatic carbocycles. The van der Waals surface area contributed by atoms with Crippen LogP contribution in [0, 0.1) is 5.41 Å². The quantitative estimate of drug-likeness (QED) is 0.793. The second kappa shape index (κ2) is 8.02. The summed E-state index contributed by atoms with van der Waals surface area (Å²) in [5.74, 6) is -1.56. The fourth-order valence-electron chi connectivity index (χ4n) is 3.78. The number of hydrogen-bond donors (Lipinski definition) is 2. The minimum Gasteiger partial charge on any atom is -0.480 e. The summed E-state index contributed by atoms with van der Waals surface area (Å²) in [6.07, 6.45) is -0.340. The summed E-state index contributed by atoms with van der Waals surface area (Å²) in [7, 11) is 0. The summed E-state index contributed by atoms with van der Waals surface area (Å²) in [6, 6.07) is 6.07. The molecule has 0 bridgehead atoms. The van der Waals surface area contributed by atoms with E-state index in [1.165, 1.54) is 10.5 Å². The Bertz CT molecular complexity index is 804. The molecule has 0 unspecified atom stereocenters. The molecule has 3 atom stereocenters. The van der Waals surface area contributed by atoms with Crippen molar-refractivity contribution < 1.29 is 24.2 Å². The van der Waals surface area contributed by atoms with Gasteiger partial charge in [0.25, 0.3) is 0 Å². The maximum atomic E-state index is 12.8. The molecule has 8 nitrogen and oxygen atoms in total. The lowest BCUT2D eigenvalue weighted by Gasteiger charge is -2.31. The summed E-state index contributed by atoms with van der Waals surface area (Å²) >= 11 is 0. The van der Waals surface area contributed by atoms with Crippen LogP contribution in [-0.2, 0) is 27.3 Å². The Morgan fingerprint density at radius 2 is 1.86 bits per heavy atom. The molecule has 2 aliphatic rings. The number of benzene rings is 1. The fourth-order valence-corrected chi connectivity index (χ4v) is 3.78. The third-order valence-electron chi connectivity index (χ3n) is 5.69. The van der Waals surface area contributed by atoms with Gasteiger partial charge in [-0.25, -0.2) is 9.59 Å². The molecule has 1 aromatic carbocycles. The van der Waals surface area contributed by atoms with Crippen molar-refractivity contribution in [2.45, 2.75) is 58.3 Å². The van der Waals surface area contributed by atoms with Gasteiger partial charge < -0.3 is 25.4 Å². The van der Waals surface area contributed by atoms with Gasteiger partial charge in [0.2, 0.25) is 5.91 Å². The molecule has 158 valence electrons. The summed E-state index contributed by atoms with van der Waals surface area (Å²) in [5.41, 5.74) is 7.84. The van der Waals surface area contributed by atoms with E-state index >= 15 is 0 Å². The minimum absolute atomic E-state index is 0.0374. The molecule has 0 spiro atoms. The van der Waals surface area contributed by atoms with Gasteiger partial charge in [0.1, 0.15) is 12.1 Å². The second-order valence-corrected chi connectivity index (χ2v) is 8.87. The zero-order valence-electron chi connectivity index (χ0n) is 17.1. The number of hydrogen-bond acceptors (Lipinski definition) is 5. The molecule has 3 N–H and O–H groups in total. The molecule has 0 saturated carbocycles. The first-order chi connectivity index (χ1) is 13.6. The van der Waals surface area contributed by atoms with E-state index < -0.39 is 41.6 Å². The number of amides is 2. The largest absolute Gasteiger partial charge is 0.480 e. The number of nitrogens with two attached hydrogens (primary N) is 1. The van der Waals surface area contributed by atoms with Crippen LogP contribution in [-0.4, -0.2) is 64.2 Å². The number of carboxylic acid groups (broad SMARTS) is 1. The van der Waals surface area contributed by atoms with Crippen molar-refractivity contribution in [1.29, 1.82) is 0 Å². The van der Waals surface area contributed by atoms with Gasteiger partial charge >= 0.3 is 12.1 Å². The first-order valence-electron chi connectivity index (χ1n) is 9.89. The Balaban J connectivity index is 1.65. The Morgan fingerprint density at radius 3 is 2.48 bits per heavy atom. The summed E-state index contributed by atoms with van der Waals surface area (Å²) in [6.45, 7) is 6.52. The zero-order chi connectivity index (χ0) is 21.3. The molecule has 29 heavy (non-hydrogen) atoms. The lowest BCUT2D eigenvalue weighted by atomic mass is 9.86. The van der Waals surface area contributed by atoms with Gasteiger partial charge in [-0.15, -0.1) is 0 Å². The highest BCUT2D eigenvalue weighted by molar-refractivity contribution is 5.88. The first-order valence-corrected chi connectivity index (χ1v) is 9.89. The maximum absolute atomic E-state index is 12.8. The lowest BCUT2D eigenvalue weighted by Crippen LogP contribution is -2.53. The number of carboxylic acids is 1. The van der Waals surface area contributed by atoms with Gasteiger partial charge in [-0.1, -0.05) is 45.0 Å². The van der Waals surface area contributed by atoms with Crippen LogP contribution in [0.4, 0.5) is 4.79 Å². The standard InChI is InChI=1S/C21H29N3O5/c1-21(2,3)17(22)18(25)24-12-15(10-16(24)19(26)27)29-20(28)23-9-8-13-6-4-5-7-14(13)11-23/h4-7,15-17H,8-12,22H2,1-3H3,(H,26,27)/t15-,16+,17-/m1/s1. The van der Waals surface area contributed by atoms with E-state index in [0.717, 1.165) is 12.0 Å². The lowest BCUT2D eigenvalue weighted by molar-refractivity contribution is -0.149. The number of nitrogens with zero attached hydrogens (tertiary/aromatic N) is 2. The molecule has 2 heterocycles. The number of carbonyl (C=O) groups excluding carboxylic acids is 2. The van der Waals surface area contributed by atoms with Crippen LogP contribution in [0.3, 0.4) is 0 Å². The second-order valence-electron chi connectivity index (χ2n) is 8.87. The van der Waals surface area contributed by atoms with Crippen molar-refractivity contribution in [3.8, 4) is 0 Å². The predicted octanol–water partition coefficient (Wildman–Crippen LogP) is 1.61. The van der Waals surface area contributed by atoms with Crippen molar-refractivity contribution >= 4 is 18.0 Å². The van der Waals surface area contributed by atoms with Crippen molar-refractivity contribution in [2.75, 3.05) is 13.1 Å². The molecule has 3 rings (SSSR count). The highest BCUT2D eigenvalue weighted by Crippen LogP contribution is 2.27. The molecule has 1 saturated heterocycles. The van der Waals surface area contributed by atoms with Crippen LogP contribution in [0.5, 0.6) is 0 Å². The van der Waals surface area contributed by atoms with E-state index in [2.05, 4.69) is 0 Å². The Morgan fingerprint density at radius 1 is 1.21 bits per heavy atom. The van der Waals surface area contributed by atoms with Gasteiger partial charge in [-0.2, -0.15) is 0 Å². The van der Waals surface area contributed by atoms with Gasteiger partial charge in [0.15, 0.2) is 0 Å². The number of fused-ring (bicyclic) bond motifs is 1. The first kappa shape index (κ1) is 21.1. The molecule has 0 aromatic heterocycles. The van der Waals surface area contributed by atoms with Crippen LogP contribution in [0.2, 0.25) is 0 Å². The van der Waals surface area contributed by atoms with Crippen molar-refractivity contribution in [1.82, 2.24) is 9.80 Å². The molecule has 1 fully saturated rings. The third kappa shape index (κ3) is 4.53. The number of carbonyl (C=O) groups is 3. The predicted molar refractivity (Wildman–Crippen MR) is 106 cm³/mol. The van der Waals surface area contributed by atoms with Gasteiger partial charge in [0, 0.05) is 19.5 Å². The van der Waals surface area contributed by atoms with Crippen molar-refractivity contribution in [3.63, 3.8) is 0 Å². The van der Waals surface area contributed by atoms with E-state index in [4.69, 9.17) is 10.5 Å². The van der Waals surface area contributed by atoms with Gasteiger partial charge in [-0.3, -0.25) is 4.79 Å². The molecular weight excluding hydrogens is 374 g/mol. The summed E-state index contributed by atoms with van der Waals surface area (Å²) in [4.78, 5) is 39.9. The number of likely N-dealkylation sites (tertiary alicyclic amines) is 1. The number of ether oxygens (including phenoxy) is 1. The highest BCUT2D eigenvalue weighted by Gasteiger charge is 2.45. The SMILES string of the molecule is CC(C)(C)[C@H](N)C(=O)N1C[C@H](OC(=O)N2CCc3ccccc3C2)C[C@H]1C(=O)O. The molecule has 0 radical (unpaired) electrons. The molecule has 8 heteroatoms. The number of aliphatic carboxylic acids is 1. The normalized spacial score (nSPS) is 22.8. The fraction of sp³-hybridized carbons (Fsp3) is 0.571. The monoisotopic (exact) mass is 403 g/mol. The summed E-state index contributed by atoms with van der Waals surface area (Å²) < 4.78 is 5.58. The average molecular weight is 403 g/mol. The smallest absolute Gasteiger partial charge is 0.410 e. The van der Waals surface area contributed by atoms with Crippen LogP contribution >= 0.6 is 0 Å². The zero-order valence-corrected chi connectivity index (χ0v) is 17.1. The van der Waals surface area contributed by atoms with E-state index in [0.29, 0.717) is 13.1 Å². The Kier molecular flexibility index (Phi) is 5.84. The van der Waals surface area contributed by atoms with Crippen LogP contribution in [0.25, 0.3) is 0 Å². The summed E-state index contributed by atoms with van der Waals surface area (Å²) in [5, 5.41) is 9.54. The van der Waals surface area contributed by atoms with E-state index in [9.17, 15) is 19.5 Å².